The number of hydrogen-bond acceptors (Lipinski definition) is 5. The molecule has 0 unspecified atom stereocenters. The maximum absolute atomic E-state index is 12.0. The average Bonchev–Trinajstić information content (AvgIpc) is 2.81. The van der Waals surface area contributed by atoms with Crippen molar-refractivity contribution in [2.75, 3.05) is 4.72 Å². The Morgan fingerprint density at radius 3 is 2.78 bits per heavy atom. The molecule has 0 saturated carbocycles. The minimum absolute atomic E-state index is 0.143. The van der Waals surface area contributed by atoms with Crippen LogP contribution in [0.2, 0.25) is 0 Å². The largest absolute Gasteiger partial charge is 0.391 e. The number of anilines is 1. The van der Waals surface area contributed by atoms with Crippen molar-refractivity contribution in [1.82, 2.24) is 4.98 Å². The van der Waals surface area contributed by atoms with Crippen molar-refractivity contribution in [3.05, 3.63) is 39.8 Å². The molecule has 2 aromatic rings. The van der Waals surface area contributed by atoms with E-state index in [2.05, 4.69) is 25.6 Å². The molecule has 2 N–H and O–H groups in total. The first-order valence-corrected chi connectivity index (χ1v) is 7.95. The van der Waals surface area contributed by atoms with Crippen LogP contribution in [0.4, 0.5) is 5.82 Å². The summed E-state index contributed by atoms with van der Waals surface area (Å²) < 4.78 is 27.2. The summed E-state index contributed by atoms with van der Waals surface area (Å²) in [6.07, 6.45) is 1.50. The lowest BCUT2D eigenvalue weighted by Gasteiger charge is -2.06. The number of hydrogen-bond donors (Lipinski definition) is 2. The van der Waals surface area contributed by atoms with Crippen LogP contribution in [0.1, 0.15) is 4.88 Å². The van der Waals surface area contributed by atoms with E-state index in [1.54, 1.807) is 18.2 Å². The van der Waals surface area contributed by atoms with E-state index in [0.29, 0.717) is 9.35 Å². The first kappa shape index (κ1) is 13.5. The highest BCUT2D eigenvalue weighted by molar-refractivity contribution is 9.10. The SMILES string of the molecule is O=S(=O)(Nc1ncccc1Br)c1ccc(CO)s1. The number of rotatable bonds is 4. The molecule has 96 valence electrons. The zero-order valence-electron chi connectivity index (χ0n) is 9.00. The summed E-state index contributed by atoms with van der Waals surface area (Å²) in [4.78, 5) is 4.53. The van der Waals surface area contributed by atoms with E-state index in [9.17, 15) is 8.42 Å². The number of thiophene rings is 1. The molecule has 2 heterocycles. The monoisotopic (exact) mass is 348 g/mol. The Kier molecular flexibility index (Phi) is 4.00. The Morgan fingerprint density at radius 1 is 1.39 bits per heavy atom. The van der Waals surface area contributed by atoms with Crippen molar-refractivity contribution in [2.45, 2.75) is 10.8 Å². The third kappa shape index (κ3) is 2.89. The lowest BCUT2D eigenvalue weighted by atomic mass is 10.5. The molecular weight excluding hydrogens is 340 g/mol. The van der Waals surface area contributed by atoms with E-state index in [1.165, 1.54) is 12.3 Å². The molecule has 0 aliphatic heterocycles. The maximum atomic E-state index is 12.0. The highest BCUT2D eigenvalue weighted by Crippen LogP contribution is 2.26. The Labute approximate surface area is 117 Å². The number of nitrogens with one attached hydrogen (secondary N) is 1. The number of halogens is 1. The standard InChI is InChI=1S/C10H9BrN2O3S2/c11-8-2-1-5-12-10(8)13-18(15,16)9-4-3-7(6-14)17-9/h1-5,14H,6H2,(H,12,13). The van der Waals surface area contributed by atoms with E-state index in [1.807, 2.05) is 0 Å². The number of nitrogens with zero attached hydrogens (tertiary/aromatic N) is 1. The predicted molar refractivity (Wildman–Crippen MR) is 73.0 cm³/mol. The molecule has 0 bridgehead atoms. The molecule has 2 aromatic heterocycles. The van der Waals surface area contributed by atoms with E-state index in [-0.39, 0.29) is 16.6 Å². The predicted octanol–water partition coefficient (Wildman–Crippen LogP) is 2.20. The lowest BCUT2D eigenvalue weighted by Crippen LogP contribution is -2.12. The van der Waals surface area contributed by atoms with Gasteiger partial charge in [-0.1, -0.05) is 0 Å². The maximum Gasteiger partial charge on any atom is 0.272 e. The third-order valence-corrected chi connectivity index (χ3v) is 5.59. The number of sulfonamides is 1. The molecule has 0 saturated heterocycles. The average molecular weight is 349 g/mol. The highest BCUT2D eigenvalue weighted by atomic mass is 79.9. The summed E-state index contributed by atoms with van der Waals surface area (Å²) in [5, 5.41) is 8.93. The van der Waals surface area contributed by atoms with Crippen LogP contribution in [0.5, 0.6) is 0 Å². The fourth-order valence-electron chi connectivity index (χ4n) is 1.23. The minimum Gasteiger partial charge on any atom is -0.391 e. The second-order valence-electron chi connectivity index (χ2n) is 3.32. The number of aromatic nitrogens is 1. The van der Waals surface area contributed by atoms with Gasteiger partial charge in [-0.25, -0.2) is 13.4 Å². The van der Waals surface area contributed by atoms with Gasteiger partial charge in [-0.3, -0.25) is 4.72 Å². The Balaban J connectivity index is 2.30. The molecule has 0 aromatic carbocycles. The van der Waals surface area contributed by atoms with Crippen molar-refractivity contribution in [2.24, 2.45) is 0 Å². The van der Waals surface area contributed by atoms with Crippen LogP contribution in [0.25, 0.3) is 0 Å². The van der Waals surface area contributed by atoms with Crippen LogP contribution in [-0.4, -0.2) is 18.5 Å². The van der Waals surface area contributed by atoms with Gasteiger partial charge in [0.2, 0.25) is 0 Å². The van der Waals surface area contributed by atoms with Gasteiger partial charge in [0.25, 0.3) is 10.0 Å². The van der Waals surface area contributed by atoms with Crippen LogP contribution >= 0.6 is 27.3 Å². The molecule has 0 aliphatic carbocycles. The van der Waals surface area contributed by atoms with Crippen molar-refractivity contribution in [1.29, 1.82) is 0 Å². The lowest BCUT2D eigenvalue weighted by molar-refractivity contribution is 0.285. The molecule has 0 aliphatic rings. The summed E-state index contributed by atoms with van der Waals surface area (Å²) in [5.41, 5.74) is 0. The van der Waals surface area contributed by atoms with Gasteiger partial charge in [0, 0.05) is 11.1 Å². The van der Waals surface area contributed by atoms with Gasteiger partial charge in [0.1, 0.15) is 4.21 Å². The molecule has 18 heavy (non-hydrogen) atoms. The number of pyridine rings is 1. The fraction of sp³-hybridized carbons (Fsp3) is 0.100. The normalized spacial score (nSPS) is 11.4. The molecule has 2 rings (SSSR count). The van der Waals surface area contributed by atoms with Crippen LogP contribution in [0.3, 0.4) is 0 Å². The van der Waals surface area contributed by atoms with Crippen molar-refractivity contribution in [3.63, 3.8) is 0 Å². The van der Waals surface area contributed by atoms with Gasteiger partial charge >= 0.3 is 0 Å². The molecular formula is C10H9BrN2O3S2. The Bertz CT molecular complexity index is 655. The van der Waals surface area contributed by atoms with Gasteiger partial charge in [-0.2, -0.15) is 0 Å². The van der Waals surface area contributed by atoms with E-state index in [0.717, 1.165) is 11.3 Å². The zero-order chi connectivity index (χ0) is 13.2. The van der Waals surface area contributed by atoms with Gasteiger partial charge in [-0.15, -0.1) is 11.3 Å². The molecule has 5 nitrogen and oxygen atoms in total. The van der Waals surface area contributed by atoms with E-state index < -0.39 is 10.0 Å². The quantitative estimate of drug-likeness (QED) is 0.887. The van der Waals surface area contributed by atoms with Crippen molar-refractivity contribution >= 4 is 43.1 Å². The zero-order valence-corrected chi connectivity index (χ0v) is 12.2. The van der Waals surface area contributed by atoms with Crippen LogP contribution in [0, 0.1) is 0 Å². The van der Waals surface area contributed by atoms with E-state index in [4.69, 9.17) is 5.11 Å². The first-order valence-electron chi connectivity index (χ1n) is 4.86. The second-order valence-corrected chi connectivity index (χ2v) is 7.25. The second kappa shape index (κ2) is 5.35. The molecule has 0 spiro atoms. The fourth-order valence-corrected chi connectivity index (χ4v) is 3.96. The van der Waals surface area contributed by atoms with Crippen LogP contribution in [0.15, 0.2) is 39.1 Å². The number of aliphatic hydroxyl groups excluding tert-OH is 1. The summed E-state index contributed by atoms with van der Waals surface area (Å²) >= 11 is 4.24. The van der Waals surface area contributed by atoms with Crippen molar-refractivity contribution < 1.29 is 13.5 Å². The Morgan fingerprint density at radius 2 is 2.17 bits per heavy atom. The number of aliphatic hydroxyl groups is 1. The summed E-state index contributed by atoms with van der Waals surface area (Å²) in [7, 11) is -3.66. The van der Waals surface area contributed by atoms with Gasteiger partial charge < -0.3 is 5.11 Å². The summed E-state index contributed by atoms with van der Waals surface area (Å²) in [6, 6.07) is 6.41. The van der Waals surface area contributed by atoms with Crippen LogP contribution < -0.4 is 4.72 Å². The van der Waals surface area contributed by atoms with Gasteiger partial charge in [0.15, 0.2) is 5.82 Å². The van der Waals surface area contributed by atoms with E-state index >= 15 is 0 Å². The van der Waals surface area contributed by atoms with Gasteiger partial charge in [-0.05, 0) is 40.2 Å². The van der Waals surface area contributed by atoms with Crippen LogP contribution in [-0.2, 0) is 16.6 Å². The Hall–Kier alpha value is -0.960. The summed E-state index contributed by atoms with van der Waals surface area (Å²) in [6.45, 7) is -0.173. The highest BCUT2D eigenvalue weighted by Gasteiger charge is 2.18. The molecule has 0 fully saturated rings. The smallest absolute Gasteiger partial charge is 0.272 e. The molecule has 0 atom stereocenters. The molecule has 0 radical (unpaired) electrons. The molecule has 0 amide bonds. The summed E-state index contributed by atoms with van der Waals surface area (Å²) in [5.74, 6) is 0.233. The van der Waals surface area contributed by atoms with Gasteiger partial charge in [0.05, 0.1) is 11.1 Å². The third-order valence-electron chi connectivity index (χ3n) is 2.05. The van der Waals surface area contributed by atoms with Crippen molar-refractivity contribution in [3.8, 4) is 0 Å². The topological polar surface area (TPSA) is 79.3 Å². The minimum atomic E-state index is -3.66. The molecule has 8 heteroatoms. The first-order chi connectivity index (χ1) is 8.53.